The van der Waals surface area contributed by atoms with Crippen molar-refractivity contribution in [2.75, 3.05) is 6.61 Å². The minimum atomic E-state index is -0.228. The highest BCUT2D eigenvalue weighted by atomic mass is 16.5. The summed E-state index contributed by atoms with van der Waals surface area (Å²) in [6, 6.07) is -0.157. The Morgan fingerprint density at radius 3 is 2.75 bits per heavy atom. The fraction of sp³-hybridized carbons (Fsp3) is 0.909. The first-order valence-corrected chi connectivity index (χ1v) is 5.84. The van der Waals surface area contributed by atoms with E-state index in [4.69, 9.17) is 10.5 Å². The topological polar surface area (TPSA) is 76.4 Å². The van der Waals surface area contributed by atoms with Crippen LogP contribution in [0.15, 0.2) is 0 Å². The Hall–Kier alpha value is -0.810. The molecular weight excluding hydrogens is 206 g/mol. The zero-order valence-corrected chi connectivity index (χ0v) is 10.1. The number of nitrogens with one attached hydrogen (secondary N) is 2. The molecule has 1 aliphatic heterocycles. The van der Waals surface area contributed by atoms with Crippen molar-refractivity contribution >= 4 is 6.03 Å². The molecule has 16 heavy (non-hydrogen) atoms. The number of ether oxygens (including phenoxy) is 1. The number of carbonyl (C=O) groups excluding carboxylic acids is 1. The Labute approximate surface area is 96.1 Å². The van der Waals surface area contributed by atoms with Gasteiger partial charge in [-0.2, -0.15) is 0 Å². The highest BCUT2D eigenvalue weighted by Crippen LogP contribution is 2.37. The maximum atomic E-state index is 11.7. The van der Waals surface area contributed by atoms with E-state index in [-0.39, 0.29) is 29.8 Å². The van der Waals surface area contributed by atoms with Crippen molar-refractivity contribution in [3.63, 3.8) is 0 Å². The summed E-state index contributed by atoms with van der Waals surface area (Å²) >= 11 is 0. The second kappa shape index (κ2) is 3.89. The normalized spacial score (nSPS) is 37.5. The lowest BCUT2D eigenvalue weighted by molar-refractivity contribution is -0.0137. The van der Waals surface area contributed by atoms with Crippen LogP contribution in [0.1, 0.15) is 27.2 Å². The Balaban J connectivity index is 1.84. The van der Waals surface area contributed by atoms with Gasteiger partial charge in [-0.05, 0) is 27.2 Å². The molecule has 0 aromatic carbocycles. The monoisotopic (exact) mass is 227 g/mol. The van der Waals surface area contributed by atoms with Crippen molar-refractivity contribution in [3.05, 3.63) is 0 Å². The lowest BCUT2D eigenvalue weighted by Gasteiger charge is -2.45. The van der Waals surface area contributed by atoms with E-state index in [0.29, 0.717) is 5.92 Å². The molecule has 5 nitrogen and oxygen atoms in total. The van der Waals surface area contributed by atoms with Crippen LogP contribution in [0, 0.1) is 5.92 Å². The van der Waals surface area contributed by atoms with E-state index in [0.717, 1.165) is 13.0 Å². The zero-order chi connectivity index (χ0) is 11.9. The lowest BCUT2D eigenvalue weighted by Crippen LogP contribution is -2.70. The van der Waals surface area contributed by atoms with E-state index in [9.17, 15) is 4.79 Å². The van der Waals surface area contributed by atoms with Gasteiger partial charge >= 0.3 is 6.03 Å². The van der Waals surface area contributed by atoms with Gasteiger partial charge in [0.15, 0.2) is 0 Å². The van der Waals surface area contributed by atoms with E-state index in [2.05, 4.69) is 10.6 Å². The fourth-order valence-corrected chi connectivity index (χ4v) is 2.46. The molecule has 0 bridgehead atoms. The van der Waals surface area contributed by atoms with E-state index in [1.165, 1.54) is 0 Å². The molecule has 1 saturated heterocycles. The van der Waals surface area contributed by atoms with Crippen molar-refractivity contribution in [1.29, 1.82) is 0 Å². The van der Waals surface area contributed by atoms with Crippen molar-refractivity contribution in [3.8, 4) is 0 Å². The van der Waals surface area contributed by atoms with Gasteiger partial charge in [-0.3, -0.25) is 0 Å². The highest BCUT2D eigenvalue weighted by Gasteiger charge is 2.52. The van der Waals surface area contributed by atoms with Crippen LogP contribution in [0.2, 0.25) is 0 Å². The van der Waals surface area contributed by atoms with Crippen LogP contribution >= 0.6 is 0 Å². The van der Waals surface area contributed by atoms with Crippen LogP contribution in [0.25, 0.3) is 0 Å². The van der Waals surface area contributed by atoms with Crippen LogP contribution in [0.4, 0.5) is 4.79 Å². The van der Waals surface area contributed by atoms with Gasteiger partial charge in [0.25, 0.3) is 0 Å². The fourth-order valence-electron chi connectivity index (χ4n) is 2.46. The molecule has 2 rings (SSSR count). The summed E-state index contributed by atoms with van der Waals surface area (Å²) in [7, 11) is 0. The molecule has 0 radical (unpaired) electrons. The number of urea groups is 1. The van der Waals surface area contributed by atoms with Gasteiger partial charge in [0, 0.05) is 24.1 Å². The van der Waals surface area contributed by atoms with Crippen LogP contribution in [-0.4, -0.2) is 36.4 Å². The summed E-state index contributed by atoms with van der Waals surface area (Å²) in [6.45, 7) is 6.61. The van der Waals surface area contributed by atoms with Crippen molar-refractivity contribution in [2.45, 2.75) is 50.9 Å². The standard InChI is InChI=1S/C11H21N3O2/c1-11(2,3)14-10(15)13-8-7(12)6-4-5-16-9(6)8/h6-9H,4-5,12H2,1-3H3,(H2,13,14,15). The van der Waals surface area contributed by atoms with Gasteiger partial charge in [-0.1, -0.05) is 0 Å². The molecule has 4 atom stereocenters. The van der Waals surface area contributed by atoms with E-state index in [1.807, 2.05) is 20.8 Å². The largest absolute Gasteiger partial charge is 0.376 e. The molecule has 4 N–H and O–H groups in total. The molecular formula is C11H21N3O2. The zero-order valence-electron chi connectivity index (χ0n) is 10.1. The van der Waals surface area contributed by atoms with Gasteiger partial charge in [-0.15, -0.1) is 0 Å². The molecule has 1 heterocycles. The van der Waals surface area contributed by atoms with Crippen molar-refractivity contribution in [2.24, 2.45) is 11.7 Å². The summed E-state index contributed by atoms with van der Waals surface area (Å²) in [5.41, 5.74) is 5.77. The first-order valence-electron chi connectivity index (χ1n) is 5.84. The Bertz CT molecular complexity index is 287. The maximum absolute atomic E-state index is 11.7. The molecule has 0 spiro atoms. The predicted octanol–water partition coefficient (Wildman–Crippen LogP) is 0.199. The van der Waals surface area contributed by atoms with Gasteiger partial charge in [0.1, 0.15) is 0 Å². The second-order valence-electron chi connectivity index (χ2n) is 5.74. The quantitative estimate of drug-likeness (QED) is 0.599. The Kier molecular flexibility index (Phi) is 2.84. The summed E-state index contributed by atoms with van der Waals surface area (Å²) in [6.07, 6.45) is 1.14. The summed E-state index contributed by atoms with van der Waals surface area (Å²) in [5.74, 6) is 0.430. The van der Waals surface area contributed by atoms with Crippen LogP contribution < -0.4 is 16.4 Å². The number of amides is 2. The molecule has 92 valence electrons. The Morgan fingerprint density at radius 1 is 1.44 bits per heavy atom. The molecule has 1 aliphatic carbocycles. The van der Waals surface area contributed by atoms with E-state index >= 15 is 0 Å². The summed E-state index contributed by atoms with van der Waals surface area (Å²) in [4.78, 5) is 11.7. The molecule has 2 fully saturated rings. The van der Waals surface area contributed by atoms with Gasteiger partial charge in [-0.25, -0.2) is 4.79 Å². The van der Waals surface area contributed by atoms with Gasteiger partial charge in [0.05, 0.1) is 12.1 Å². The number of fused-ring (bicyclic) bond motifs is 1. The van der Waals surface area contributed by atoms with Crippen LogP contribution in [0.5, 0.6) is 0 Å². The Morgan fingerprint density at radius 2 is 2.12 bits per heavy atom. The molecule has 5 heteroatoms. The number of carbonyl (C=O) groups is 1. The third-order valence-corrected chi connectivity index (χ3v) is 3.23. The van der Waals surface area contributed by atoms with Gasteiger partial charge in [0.2, 0.25) is 0 Å². The van der Waals surface area contributed by atoms with Gasteiger partial charge < -0.3 is 21.1 Å². The smallest absolute Gasteiger partial charge is 0.315 e. The van der Waals surface area contributed by atoms with Crippen LogP contribution in [0.3, 0.4) is 0 Å². The number of hydrogen-bond acceptors (Lipinski definition) is 3. The van der Waals surface area contributed by atoms with Crippen molar-refractivity contribution < 1.29 is 9.53 Å². The predicted molar refractivity (Wildman–Crippen MR) is 61.0 cm³/mol. The third kappa shape index (κ3) is 2.15. The van der Waals surface area contributed by atoms with E-state index < -0.39 is 0 Å². The summed E-state index contributed by atoms with van der Waals surface area (Å²) in [5, 5.41) is 5.75. The number of rotatable bonds is 1. The third-order valence-electron chi connectivity index (χ3n) is 3.23. The number of nitrogens with two attached hydrogens (primary N) is 1. The highest BCUT2D eigenvalue weighted by molar-refractivity contribution is 5.75. The average molecular weight is 227 g/mol. The molecule has 0 aromatic rings. The molecule has 2 aliphatic rings. The first kappa shape index (κ1) is 11.7. The average Bonchev–Trinajstić information content (AvgIpc) is 2.55. The SMILES string of the molecule is CC(C)(C)NC(=O)NC1C(N)C2CCOC21. The molecule has 0 aromatic heterocycles. The molecule has 4 unspecified atom stereocenters. The lowest BCUT2D eigenvalue weighted by atomic mass is 9.72. The summed E-state index contributed by atoms with van der Waals surface area (Å²) < 4.78 is 5.54. The maximum Gasteiger partial charge on any atom is 0.315 e. The molecule has 2 amide bonds. The minimum Gasteiger partial charge on any atom is -0.376 e. The van der Waals surface area contributed by atoms with Crippen LogP contribution in [-0.2, 0) is 4.74 Å². The second-order valence-corrected chi connectivity index (χ2v) is 5.74. The first-order chi connectivity index (χ1) is 7.38. The molecule has 1 saturated carbocycles. The van der Waals surface area contributed by atoms with E-state index in [1.54, 1.807) is 0 Å². The van der Waals surface area contributed by atoms with Crippen molar-refractivity contribution in [1.82, 2.24) is 10.6 Å². The number of hydrogen-bond donors (Lipinski definition) is 3. The minimum absolute atomic E-state index is 0.0325.